The molecule has 0 radical (unpaired) electrons. The molecule has 0 bridgehead atoms. The zero-order valence-electron chi connectivity index (χ0n) is 8.29. The Morgan fingerprint density at radius 2 is 2.07 bits per heavy atom. The third-order valence-corrected chi connectivity index (χ3v) is 1.78. The number of nitriles is 1. The monoisotopic (exact) mass is 187 g/mol. The molecule has 1 aromatic rings. The summed E-state index contributed by atoms with van der Waals surface area (Å²) in [6.45, 7) is 6.41. The van der Waals surface area contributed by atoms with Crippen LogP contribution >= 0.6 is 0 Å². The molecule has 0 fully saturated rings. The van der Waals surface area contributed by atoms with Gasteiger partial charge in [0.25, 0.3) is 0 Å². The minimum absolute atomic E-state index is 0.640. The number of hydrogen-bond acceptors (Lipinski definition) is 2. The van der Waals surface area contributed by atoms with Crippen molar-refractivity contribution < 1.29 is 4.74 Å². The summed E-state index contributed by atoms with van der Waals surface area (Å²) in [6.07, 6.45) is 0.861. The highest BCUT2D eigenvalue weighted by Crippen LogP contribution is 2.12. The first kappa shape index (κ1) is 10.3. The predicted molar refractivity (Wildman–Crippen MR) is 56.1 cm³/mol. The average molecular weight is 187 g/mol. The molecule has 0 aliphatic carbocycles. The van der Waals surface area contributed by atoms with Gasteiger partial charge in [0.05, 0.1) is 18.2 Å². The Labute approximate surface area is 84.4 Å². The molecule has 2 heteroatoms. The summed E-state index contributed by atoms with van der Waals surface area (Å²) in [7, 11) is 0. The van der Waals surface area contributed by atoms with Crippen molar-refractivity contribution in [3.8, 4) is 11.8 Å². The molecule has 0 N–H and O–H groups in total. The lowest BCUT2D eigenvalue weighted by Gasteiger charge is -2.05. The highest BCUT2D eigenvalue weighted by Gasteiger charge is 1.94. The standard InChI is InChI=1S/C12H13NO/c1-10(2)7-8-14-12-5-3-11(9-13)4-6-12/h3-6H,1,7-8H2,2H3. The van der Waals surface area contributed by atoms with Crippen LogP contribution in [0, 0.1) is 11.3 Å². The first-order valence-corrected chi connectivity index (χ1v) is 4.49. The van der Waals surface area contributed by atoms with Crippen LogP contribution in [0.1, 0.15) is 18.9 Å². The summed E-state index contributed by atoms with van der Waals surface area (Å²) in [6, 6.07) is 9.16. The van der Waals surface area contributed by atoms with Gasteiger partial charge in [-0.3, -0.25) is 0 Å². The normalized spacial score (nSPS) is 9.14. The third kappa shape index (κ3) is 3.32. The molecule has 14 heavy (non-hydrogen) atoms. The van der Waals surface area contributed by atoms with Crippen molar-refractivity contribution in [2.45, 2.75) is 13.3 Å². The van der Waals surface area contributed by atoms with Crippen LogP contribution in [0.25, 0.3) is 0 Å². The van der Waals surface area contributed by atoms with E-state index in [2.05, 4.69) is 12.6 Å². The summed E-state index contributed by atoms with van der Waals surface area (Å²) in [5.74, 6) is 0.797. The fraction of sp³-hybridized carbons (Fsp3) is 0.250. The van der Waals surface area contributed by atoms with E-state index in [9.17, 15) is 0 Å². The van der Waals surface area contributed by atoms with E-state index >= 15 is 0 Å². The van der Waals surface area contributed by atoms with Gasteiger partial charge in [-0.25, -0.2) is 0 Å². The van der Waals surface area contributed by atoms with E-state index in [1.54, 1.807) is 24.3 Å². The summed E-state index contributed by atoms with van der Waals surface area (Å²) >= 11 is 0. The van der Waals surface area contributed by atoms with Crippen LogP contribution < -0.4 is 4.74 Å². The molecule has 1 aromatic carbocycles. The molecule has 0 aliphatic rings. The summed E-state index contributed by atoms with van der Waals surface area (Å²) in [5, 5.41) is 8.57. The molecule has 0 saturated carbocycles. The minimum atomic E-state index is 0.640. The number of nitrogens with zero attached hydrogens (tertiary/aromatic N) is 1. The zero-order chi connectivity index (χ0) is 10.4. The lowest BCUT2D eigenvalue weighted by molar-refractivity contribution is 0.322. The minimum Gasteiger partial charge on any atom is -0.493 e. The second-order valence-electron chi connectivity index (χ2n) is 3.19. The van der Waals surface area contributed by atoms with Crippen molar-refractivity contribution in [2.75, 3.05) is 6.61 Å². The van der Waals surface area contributed by atoms with E-state index in [1.807, 2.05) is 6.92 Å². The van der Waals surface area contributed by atoms with Gasteiger partial charge in [-0.05, 0) is 31.2 Å². The lowest BCUT2D eigenvalue weighted by atomic mass is 10.2. The van der Waals surface area contributed by atoms with Crippen LogP contribution in [0.2, 0.25) is 0 Å². The molecule has 0 aromatic heterocycles. The smallest absolute Gasteiger partial charge is 0.119 e. The third-order valence-electron chi connectivity index (χ3n) is 1.78. The van der Waals surface area contributed by atoms with Crippen molar-refractivity contribution >= 4 is 0 Å². The number of ether oxygens (including phenoxy) is 1. The van der Waals surface area contributed by atoms with Gasteiger partial charge in [0, 0.05) is 6.42 Å². The molecular formula is C12H13NO. The molecule has 0 aliphatic heterocycles. The maximum atomic E-state index is 8.57. The van der Waals surface area contributed by atoms with Crippen molar-refractivity contribution in [1.82, 2.24) is 0 Å². The van der Waals surface area contributed by atoms with Crippen LogP contribution in [0.4, 0.5) is 0 Å². The first-order valence-electron chi connectivity index (χ1n) is 4.49. The molecular weight excluding hydrogens is 174 g/mol. The largest absolute Gasteiger partial charge is 0.493 e. The second-order valence-corrected chi connectivity index (χ2v) is 3.19. The lowest BCUT2D eigenvalue weighted by Crippen LogP contribution is -1.97. The number of benzene rings is 1. The SMILES string of the molecule is C=C(C)CCOc1ccc(C#N)cc1. The van der Waals surface area contributed by atoms with Gasteiger partial charge in [-0.2, -0.15) is 5.26 Å². The number of rotatable bonds is 4. The van der Waals surface area contributed by atoms with Crippen molar-refractivity contribution in [3.05, 3.63) is 42.0 Å². The van der Waals surface area contributed by atoms with Crippen LogP contribution in [-0.2, 0) is 0 Å². The Kier molecular flexibility index (Phi) is 3.75. The van der Waals surface area contributed by atoms with E-state index in [0.29, 0.717) is 12.2 Å². The van der Waals surface area contributed by atoms with Gasteiger partial charge in [-0.15, -0.1) is 6.58 Å². The molecule has 72 valence electrons. The topological polar surface area (TPSA) is 33.0 Å². The highest BCUT2D eigenvalue weighted by atomic mass is 16.5. The maximum Gasteiger partial charge on any atom is 0.119 e. The predicted octanol–water partition coefficient (Wildman–Crippen LogP) is 2.90. The molecule has 0 heterocycles. The van der Waals surface area contributed by atoms with Crippen LogP contribution in [-0.4, -0.2) is 6.61 Å². The Morgan fingerprint density at radius 3 is 2.57 bits per heavy atom. The van der Waals surface area contributed by atoms with Gasteiger partial charge in [0.2, 0.25) is 0 Å². The molecule has 0 amide bonds. The highest BCUT2D eigenvalue weighted by molar-refractivity contribution is 5.34. The summed E-state index contributed by atoms with van der Waals surface area (Å²) in [5.41, 5.74) is 1.76. The Morgan fingerprint density at radius 1 is 1.43 bits per heavy atom. The second kappa shape index (κ2) is 5.08. The number of hydrogen-bond donors (Lipinski definition) is 0. The van der Waals surface area contributed by atoms with Crippen molar-refractivity contribution in [3.63, 3.8) is 0 Å². The first-order chi connectivity index (χ1) is 6.72. The molecule has 2 nitrogen and oxygen atoms in total. The fourth-order valence-electron chi connectivity index (χ4n) is 0.969. The van der Waals surface area contributed by atoms with Gasteiger partial charge in [-0.1, -0.05) is 5.57 Å². The van der Waals surface area contributed by atoms with Crippen molar-refractivity contribution in [2.24, 2.45) is 0 Å². The van der Waals surface area contributed by atoms with Gasteiger partial charge in [0.1, 0.15) is 5.75 Å². The molecule has 0 atom stereocenters. The molecule has 0 saturated heterocycles. The van der Waals surface area contributed by atoms with E-state index in [0.717, 1.165) is 17.7 Å². The van der Waals surface area contributed by atoms with Crippen molar-refractivity contribution in [1.29, 1.82) is 5.26 Å². The van der Waals surface area contributed by atoms with Gasteiger partial charge < -0.3 is 4.74 Å². The van der Waals surface area contributed by atoms with E-state index < -0.39 is 0 Å². The quantitative estimate of drug-likeness (QED) is 0.679. The fourth-order valence-corrected chi connectivity index (χ4v) is 0.969. The summed E-state index contributed by atoms with van der Waals surface area (Å²) in [4.78, 5) is 0. The van der Waals surface area contributed by atoms with E-state index in [1.165, 1.54) is 0 Å². The van der Waals surface area contributed by atoms with Crippen LogP contribution in [0.15, 0.2) is 36.4 Å². The average Bonchev–Trinajstić information content (AvgIpc) is 2.18. The Hall–Kier alpha value is -1.75. The maximum absolute atomic E-state index is 8.57. The Balaban J connectivity index is 2.45. The van der Waals surface area contributed by atoms with Crippen LogP contribution in [0.3, 0.4) is 0 Å². The summed E-state index contributed by atoms with van der Waals surface area (Å²) < 4.78 is 5.45. The molecule has 1 rings (SSSR count). The Bertz CT molecular complexity index is 346. The molecule has 0 spiro atoms. The van der Waals surface area contributed by atoms with E-state index in [4.69, 9.17) is 10.00 Å². The van der Waals surface area contributed by atoms with Gasteiger partial charge >= 0.3 is 0 Å². The van der Waals surface area contributed by atoms with Crippen LogP contribution in [0.5, 0.6) is 5.75 Å². The van der Waals surface area contributed by atoms with E-state index in [-0.39, 0.29) is 0 Å². The zero-order valence-corrected chi connectivity index (χ0v) is 8.29. The molecule has 0 unspecified atom stereocenters. The van der Waals surface area contributed by atoms with Gasteiger partial charge in [0.15, 0.2) is 0 Å².